The van der Waals surface area contributed by atoms with Crippen LogP contribution in [-0.4, -0.2) is 50.0 Å². The van der Waals surface area contributed by atoms with Crippen molar-refractivity contribution in [3.63, 3.8) is 0 Å². The Bertz CT molecular complexity index is 1170. The second-order valence-corrected chi connectivity index (χ2v) is 11.7. The zero-order valence-corrected chi connectivity index (χ0v) is 23.6. The molecule has 0 spiro atoms. The van der Waals surface area contributed by atoms with E-state index in [2.05, 4.69) is 5.32 Å². The van der Waals surface area contributed by atoms with Crippen molar-refractivity contribution in [1.29, 1.82) is 0 Å². The van der Waals surface area contributed by atoms with E-state index in [4.69, 9.17) is 11.6 Å². The molecule has 7 nitrogen and oxygen atoms in total. The van der Waals surface area contributed by atoms with Gasteiger partial charge in [-0.2, -0.15) is 0 Å². The van der Waals surface area contributed by atoms with Crippen LogP contribution in [0.3, 0.4) is 0 Å². The number of anilines is 1. The van der Waals surface area contributed by atoms with Crippen molar-refractivity contribution in [2.75, 3.05) is 17.1 Å². The van der Waals surface area contributed by atoms with Gasteiger partial charge in [0.15, 0.2) is 0 Å². The van der Waals surface area contributed by atoms with Gasteiger partial charge in [-0.1, -0.05) is 54.4 Å². The molecule has 0 aliphatic heterocycles. The molecule has 9 heteroatoms. The van der Waals surface area contributed by atoms with E-state index in [1.807, 2.05) is 52.0 Å². The summed E-state index contributed by atoms with van der Waals surface area (Å²) >= 11 is 6.12. The van der Waals surface area contributed by atoms with Crippen LogP contribution in [0.1, 0.15) is 56.7 Å². The molecule has 36 heavy (non-hydrogen) atoms. The van der Waals surface area contributed by atoms with E-state index in [0.717, 1.165) is 29.4 Å². The number of halogens is 1. The maximum atomic E-state index is 13.4. The predicted octanol–water partition coefficient (Wildman–Crippen LogP) is 4.84. The molecule has 2 aromatic rings. The van der Waals surface area contributed by atoms with Gasteiger partial charge in [0.1, 0.15) is 6.04 Å². The van der Waals surface area contributed by atoms with Gasteiger partial charge in [-0.25, -0.2) is 8.42 Å². The van der Waals surface area contributed by atoms with Crippen molar-refractivity contribution < 1.29 is 18.0 Å². The summed E-state index contributed by atoms with van der Waals surface area (Å²) in [5.41, 5.74) is 3.26. The zero-order chi connectivity index (χ0) is 27.0. The van der Waals surface area contributed by atoms with Gasteiger partial charge < -0.3 is 10.2 Å². The molecule has 0 heterocycles. The topological polar surface area (TPSA) is 86.8 Å². The maximum Gasteiger partial charge on any atom is 0.242 e. The van der Waals surface area contributed by atoms with Crippen molar-refractivity contribution in [2.45, 2.75) is 72.5 Å². The summed E-state index contributed by atoms with van der Waals surface area (Å²) in [6.07, 6.45) is 2.31. The first-order valence-corrected chi connectivity index (χ1v) is 14.4. The quantitative estimate of drug-likeness (QED) is 0.421. The lowest BCUT2D eigenvalue weighted by atomic mass is 10.1. The van der Waals surface area contributed by atoms with Crippen LogP contribution in [-0.2, 0) is 26.2 Å². The van der Waals surface area contributed by atoms with Crippen LogP contribution in [0.15, 0.2) is 42.5 Å². The average Bonchev–Trinajstić information content (AvgIpc) is 2.80. The number of benzene rings is 2. The SMILES string of the molecule is CC[C@H](C)NC(=O)[C@@H](C)N(Cc1cccc(C)c1)C(=O)CCCN(c1cc(Cl)ccc1C)S(C)(=O)=O. The fourth-order valence-electron chi connectivity index (χ4n) is 3.89. The first-order chi connectivity index (χ1) is 16.8. The van der Waals surface area contributed by atoms with E-state index in [0.29, 0.717) is 23.7 Å². The Labute approximate surface area is 220 Å². The van der Waals surface area contributed by atoms with Crippen LogP contribution in [0.2, 0.25) is 5.02 Å². The van der Waals surface area contributed by atoms with Gasteiger partial charge >= 0.3 is 0 Å². The number of hydrogen-bond acceptors (Lipinski definition) is 4. The molecular weight excluding hydrogens is 498 g/mol. The second kappa shape index (κ2) is 13.1. The van der Waals surface area contributed by atoms with Crippen LogP contribution in [0, 0.1) is 13.8 Å². The Morgan fingerprint density at radius 2 is 1.78 bits per heavy atom. The number of rotatable bonds is 12. The smallest absolute Gasteiger partial charge is 0.242 e. The second-order valence-electron chi connectivity index (χ2n) is 9.37. The van der Waals surface area contributed by atoms with Gasteiger partial charge in [-0.15, -0.1) is 0 Å². The third-order valence-corrected chi connectivity index (χ3v) is 7.61. The molecule has 0 saturated carbocycles. The van der Waals surface area contributed by atoms with Crippen molar-refractivity contribution in [1.82, 2.24) is 10.2 Å². The molecule has 1 N–H and O–H groups in total. The van der Waals surface area contributed by atoms with Gasteiger partial charge in [-0.3, -0.25) is 13.9 Å². The summed E-state index contributed by atoms with van der Waals surface area (Å²) in [4.78, 5) is 27.8. The standard InChI is InChI=1S/C27H38ClN3O4S/c1-7-21(4)29-27(33)22(5)30(18-23-11-8-10-19(2)16-23)26(32)12-9-15-31(36(6,34)35)25-17-24(28)14-13-20(25)3/h8,10-11,13-14,16-17,21-22H,7,9,12,15,18H2,1-6H3,(H,29,33)/t21-,22+/m0/s1. The number of aryl methyl sites for hydroxylation is 2. The molecule has 0 radical (unpaired) electrons. The van der Waals surface area contributed by atoms with Gasteiger partial charge in [0.05, 0.1) is 11.9 Å². The Hall–Kier alpha value is -2.58. The lowest BCUT2D eigenvalue weighted by Crippen LogP contribution is -2.49. The first-order valence-electron chi connectivity index (χ1n) is 12.2. The van der Waals surface area contributed by atoms with E-state index in [9.17, 15) is 18.0 Å². The average molecular weight is 536 g/mol. The van der Waals surface area contributed by atoms with Crippen molar-refractivity contribution in [2.24, 2.45) is 0 Å². The number of nitrogens with zero attached hydrogens (tertiary/aromatic N) is 2. The maximum absolute atomic E-state index is 13.4. The molecule has 0 aliphatic rings. The Morgan fingerprint density at radius 3 is 2.39 bits per heavy atom. The highest BCUT2D eigenvalue weighted by molar-refractivity contribution is 7.92. The first kappa shape index (κ1) is 29.6. The predicted molar refractivity (Wildman–Crippen MR) is 147 cm³/mol. The molecule has 0 aromatic heterocycles. The molecule has 198 valence electrons. The molecule has 2 amide bonds. The Morgan fingerprint density at radius 1 is 1.08 bits per heavy atom. The highest BCUT2D eigenvalue weighted by Gasteiger charge is 2.27. The minimum absolute atomic E-state index is 0.000117. The third kappa shape index (κ3) is 8.52. The van der Waals surface area contributed by atoms with Crippen molar-refractivity contribution in [3.05, 3.63) is 64.2 Å². The fourth-order valence-corrected chi connectivity index (χ4v) is 5.07. The summed E-state index contributed by atoms with van der Waals surface area (Å²) in [6, 6.07) is 12.2. The van der Waals surface area contributed by atoms with Crippen LogP contribution in [0.5, 0.6) is 0 Å². The summed E-state index contributed by atoms with van der Waals surface area (Å²) in [5.74, 6) is -0.419. The van der Waals surface area contributed by atoms with Crippen LogP contribution in [0.4, 0.5) is 5.69 Å². The number of carbonyl (C=O) groups excluding carboxylic acids is 2. The third-order valence-electron chi connectivity index (χ3n) is 6.20. The summed E-state index contributed by atoms with van der Waals surface area (Å²) in [5, 5.41) is 3.39. The molecular formula is C27H38ClN3O4S. The normalized spacial score (nSPS) is 13.1. The molecule has 2 aromatic carbocycles. The molecule has 0 bridgehead atoms. The summed E-state index contributed by atoms with van der Waals surface area (Å²) < 4.78 is 26.4. The van der Waals surface area contributed by atoms with Crippen LogP contribution in [0.25, 0.3) is 0 Å². The Kier molecular flexibility index (Phi) is 10.8. The highest BCUT2D eigenvalue weighted by Crippen LogP contribution is 2.27. The lowest BCUT2D eigenvalue weighted by molar-refractivity contribution is -0.140. The van der Waals surface area contributed by atoms with Crippen molar-refractivity contribution in [3.8, 4) is 0 Å². The largest absolute Gasteiger partial charge is 0.352 e. The van der Waals surface area contributed by atoms with Gasteiger partial charge in [-0.05, 0) is 63.8 Å². The highest BCUT2D eigenvalue weighted by atomic mass is 35.5. The van der Waals surface area contributed by atoms with E-state index in [1.165, 1.54) is 4.31 Å². The van der Waals surface area contributed by atoms with Gasteiger partial charge in [0, 0.05) is 30.6 Å². The molecule has 0 aliphatic carbocycles. The number of carbonyl (C=O) groups is 2. The molecule has 0 fully saturated rings. The van der Waals surface area contributed by atoms with Gasteiger partial charge in [0.25, 0.3) is 0 Å². The lowest BCUT2D eigenvalue weighted by Gasteiger charge is -2.30. The van der Waals surface area contributed by atoms with E-state index in [-0.39, 0.29) is 30.8 Å². The summed E-state index contributed by atoms with van der Waals surface area (Å²) in [7, 11) is -3.59. The van der Waals surface area contributed by atoms with E-state index >= 15 is 0 Å². The Balaban J connectivity index is 2.21. The summed E-state index contributed by atoms with van der Waals surface area (Å²) in [6.45, 7) is 9.84. The number of sulfonamides is 1. The minimum atomic E-state index is -3.59. The van der Waals surface area contributed by atoms with Crippen molar-refractivity contribution >= 4 is 39.1 Å². The molecule has 2 atom stereocenters. The molecule has 0 saturated heterocycles. The molecule has 0 unspecified atom stereocenters. The molecule has 2 rings (SSSR count). The minimum Gasteiger partial charge on any atom is -0.352 e. The van der Waals surface area contributed by atoms with Crippen LogP contribution >= 0.6 is 11.6 Å². The van der Waals surface area contributed by atoms with E-state index in [1.54, 1.807) is 30.0 Å². The number of amides is 2. The zero-order valence-electron chi connectivity index (χ0n) is 22.0. The monoisotopic (exact) mass is 535 g/mol. The number of hydrogen-bond donors (Lipinski definition) is 1. The van der Waals surface area contributed by atoms with E-state index < -0.39 is 16.1 Å². The number of nitrogens with one attached hydrogen (secondary N) is 1. The fraction of sp³-hybridized carbons (Fsp3) is 0.481. The van der Waals surface area contributed by atoms with Gasteiger partial charge in [0.2, 0.25) is 21.8 Å². The van der Waals surface area contributed by atoms with Crippen LogP contribution < -0.4 is 9.62 Å².